The highest BCUT2D eigenvalue weighted by atomic mass is 19.1. The summed E-state index contributed by atoms with van der Waals surface area (Å²) in [6.07, 6.45) is 0. The topological polar surface area (TPSA) is 37.3 Å². The monoisotopic (exact) mass is 403 g/mol. The third-order valence-electron chi connectivity index (χ3n) is 5.51. The summed E-state index contributed by atoms with van der Waals surface area (Å²) < 4.78 is 16.3. The Balaban J connectivity index is 1.66. The molecule has 1 N–H and O–H groups in total. The Hall–Kier alpha value is -3.34. The first-order valence-electron chi connectivity index (χ1n) is 10.3. The minimum atomic E-state index is -0.441. The number of urea groups is 1. The molecule has 0 fully saturated rings. The Morgan fingerprint density at radius 2 is 1.70 bits per heavy atom. The average Bonchev–Trinajstić information content (AvgIpc) is 3.06. The average molecular weight is 404 g/mol. The number of halogens is 1. The SMILES string of the molecule is CCn1c2ccccc2c2cc(CN(C(=O)Nc3ccccc3F)C(C)C)ccc21. The zero-order valence-corrected chi connectivity index (χ0v) is 17.5. The minimum absolute atomic E-state index is 0.0375. The van der Waals surface area contributed by atoms with E-state index in [1.165, 1.54) is 27.9 Å². The largest absolute Gasteiger partial charge is 0.341 e. The van der Waals surface area contributed by atoms with Crippen LogP contribution in [0.25, 0.3) is 21.8 Å². The van der Waals surface area contributed by atoms with E-state index in [-0.39, 0.29) is 17.8 Å². The van der Waals surface area contributed by atoms with Gasteiger partial charge in [-0.3, -0.25) is 0 Å². The molecule has 2 amide bonds. The number of hydrogen-bond donors (Lipinski definition) is 1. The summed E-state index contributed by atoms with van der Waals surface area (Å²) in [4.78, 5) is 14.6. The van der Waals surface area contributed by atoms with Crippen LogP contribution in [0, 0.1) is 5.82 Å². The van der Waals surface area contributed by atoms with E-state index < -0.39 is 5.82 Å². The molecule has 0 spiro atoms. The minimum Gasteiger partial charge on any atom is -0.341 e. The highest BCUT2D eigenvalue weighted by Gasteiger charge is 2.19. The van der Waals surface area contributed by atoms with Crippen molar-refractivity contribution in [3.8, 4) is 0 Å². The Morgan fingerprint density at radius 1 is 1.00 bits per heavy atom. The maximum absolute atomic E-state index is 14.0. The van der Waals surface area contributed by atoms with Crippen LogP contribution in [0.4, 0.5) is 14.9 Å². The molecule has 4 nitrogen and oxygen atoms in total. The van der Waals surface area contributed by atoms with E-state index in [0.29, 0.717) is 6.54 Å². The van der Waals surface area contributed by atoms with Crippen LogP contribution in [0.1, 0.15) is 26.3 Å². The third kappa shape index (κ3) is 3.63. The van der Waals surface area contributed by atoms with Crippen molar-refractivity contribution in [1.29, 1.82) is 0 Å². The fraction of sp³-hybridized carbons (Fsp3) is 0.240. The molecule has 30 heavy (non-hydrogen) atoms. The van der Waals surface area contributed by atoms with Crippen LogP contribution in [0.5, 0.6) is 0 Å². The Bertz CT molecular complexity index is 1210. The van der Waals surface area contributed by atoms with Crippen molar-refractivity contribution >= 4 is 33.5 Å². The number of anilines is 1. The van der Waals surface area contributed by atoms with Gasteiger partial charge in [0.05, 0.1) is 5.69 Å². The normalized spacial score (nSPS) is 11.4. The molecule has 0 aliphatic rings. The van der Waals surface area contributed by atoms with Gasteiger partial charge in [0, 0.05) is 40.9 Å². The molecule has 5 heteroatoms. The van der Waals surface area contributed by atoms with Gasteiger partial charge in [-0.25, -0.2) is 9.18 Å². The van der Waals surface area contributed by atoms with Crippen molar-refractivity contribution in [1.82, 2.24) is 9.47 Å². The summed E-state index contributed by atoms with van der Waals surface area (Å²) in [7, 11) is 0. The maximum Gasteiger partial charge on any atom is 0.322 e. The summed E-state index contributed by atoms with van der Waals surface area (Å²) >= 11 is 0. The first-order valence-corrected chi connectivity index (χ1v) is 10.3. The van der Waals surface area contributed by atoms with E-state index in [1.807, 2.05) is 13.8 Å². The van der Waals surface area contributed by atoms with Crippen molar-refractivity contribution in [3.63, 3.8) is 0 Å². The van der Waals surface area contributed by atoms with Gasteiger partial charge in [0.1, 0.15) is 5.82 Å². The van der Waals surface area contributed by atoms with E-state index in [1.54, 1.807) is 23.1 Å². The van der Waals surface area contributed by atoms with E-state index >= 15 is 0 Å². The Kier molecular flexibility index (Phi) is 5.44. The number of fused-ring (bicyclic) bond motifs is 3. The quantitative estimate of drug-likeness (QED) is 0.411. The number of para-hydroxylation sites is 2. The van der Waals surface area contributed by atoms with E-state index in [4.69, 9.17) is 0 Å². The van der Waals surface area contributed by atoms with Crippen LogP contribution >= 0.6 is 0 Å². The third-order valence-corrected chi connectivity index (χ3v) is 5.51. The lowest BCUT2D eigenvalue weighted by Crippen LogP contribution is -2.39. The smallest absolute Gasteiger partial charge is 0.322 e. The van der Waals surface area contributed by atoms with Crippen LogP contribution in [-0.2, 0) is 13.1 Å². The lowest BCUT2D eigenvalue weighted by molar-refractivity contribution is 0.193. The zero-order valence-electron chi connectivity index (χ0n) is 17.5. The fourth-order valence-corrected chi connectivity index (χ4v) is 3.98. The highest BCUT2D eigenvalue weighted by molar-refractivity contribution is 6.08. The number of aryl methyl sites for hydroxylation is 1. The number of carbonyl (C=O) groups excluding carboxylic acids is 1. The van der Waals surface area contributed by atoms with Gasteiger partial charge in [-0.2, -0.15) is 0 Å². The van der Waals surface area contributed by atoms with Crippen molar-refractivity contribution in [2.75, 3.05) is 5.32 Å². The van der Waals surface area contributed by atoms with Crippen molar-refractivity contribution in [3.05, 3.63) is 78.1 Å². The zero-order chi connectivity index (χ0) is 21.3. The van der Waals surface area contributed by atoms with Gasteiger partial charge in [-0.05, 0) is 56.7 Å². The van der Waals surface area contributed by atoms with Crippen molar-refractivity contribution in [2.45, 2.75) is 39.9 Å². The lowest BCUT2D eigenvalue weighted by atomic mass is 10.1. The van der Waals surface area contributed by atoms with E-state index in [9.17, 15) is 9.18 Å². The molecule has 1 aromatic heterocycles. The van der Waals surface area contributed by atoms with Gasteiger partial charge >= 0.3 is 6.03 Å². The van der Waals surface area contributed by atoms with Crippen LogP contribution in [0.3, 0.4) is 0 Å². The lowest BCUT2D eigenvalue weighted by Gasteiger charge is -2.27. The molecular weight excluding hydrogens is 377 g/mol. The number of benzene rings is 3. The number of aromatic nitrogens is 1. The summed E-state index contributed by atoms with van der Waals surface area (Å²) in [5, 5.41) is 5.09. The van der Waals surface area contributed by atoms with Crippen LogP contribution < -0.4 is 5.32 Å². The second kappa shape index (κ2) is 8.19. The number of rotatable bonds is 5. The molecule has 0 unspecified atom stereocenters. The molecule has 1 heterocycles. The Labute approximate surface area is 175 Å². The number of amides is 2. The van der Waals surface area contributed by atoms with Gasteiger partial charge in [0.25, 0.3) is 0 Å². The van der Waals surface area contributed by atoms with Gasteiger partial charge in [-0.1, -0.05) is 36.4 Å². The predicted octanol–water partition coefficient (Wildman–Crippen LogP) is 6.40. The summed E-state index contributed by atoms with van der Waals surface area (Å²) in [6.45, 7) is 7.41. The number of nitrogens with zero attached hydrogens (tertiary/aromatic N) is 2. The summed E-state index contributed by atoms with van der Waals surface area (Å²) in [6, 6.07) is 20.6. The molecule has 4 rings (SSSR count). The standard InChI is InChI=1S/C25H26FN3O/c1-4-28-23-12-8-5-9-19(23)20-15-18(13-14-24(20)28)16-29(17(2)3)25(30)27-22-11-7-6-10-21(22)26/h5-15,17H,4,16H2,1-3H3,(H,27,30). The summed E-state index contributed by atoms with van der Waals surface area (Å²) in [5.74, 6) is -0.441. The van der Waals surface area contributed by atoms with E-state index in [0.717, 1.165) is 12.1 Å². The maximum atomic E-state index is 14.0. The van der Waals surface area contributed by atoms with Crippen LogP contribution in [-0.4, -0.2) is 21.5 Å². The van der Waals surface area contributed by atoms with Crippen LogP contribution in [0.15, 0.2) is 66.7 Å². The molecule has 0 radical (unpaired) electrons. The summed E-state index contributed by atoms with van der Waals surface area (Å²) in [5.41, 5.74) is 3.63. The van der Waals surface area contributed by atoms with Gasteiger partial charge < -0.3 is 14.8 Å². The van der Waals surface area contributed by atoms with Gasteiger partial charge in [0.15, 0.2) is 0 Å². The van der Waals surface area contributed by atoms with Gasteiger partial charge in [0.2, 0.25) is 0 Å². The molecule has 0 saturated carbocycles. The molecule has 0 saturated heterocycles. The predicted molar refractivity (Wildman–Crippen MR) is 121 cm³/mol. The van der Waals surface area contributed by atoms with Crippen LogP contribution in [0.2, 0.25) is 0 Å². The molecule has 0 atom stereocenters. The highest BCUT2D eigenvalue weighted by Crippen LogP contribution is 2.30. The molecular formula is C25H26FN3O. The van der Waals surface area contributed by atoms with Gasteiger partial charge in [-0.15, -0.1) is 0 Å². The number of nitrogens with one attached hydrogen (secondary N) is 1. The molecule has 0 aliphatic heterocycles. The molecule has 4 aromatic rings. The fourth-order valence-electron chi connectivity index (χ4n) is 3.98. The second-order valence-electron chi connectivity index (χ2n) is 7.74. The number of carbonyl (C=O) groups is 1. The first kappa shape index (κ1) is 20.0. The second-order valence-corrected chi connectivity index (χ2v) is 7.74. The molecule has 154 valence electrons. The first-order chi connectivity index (χ1) is 14.5. The van der Waals surface area contributed by atoms with Crippen molar-refractivity contribution in [2.24, 2.45) is 0 Å². The molecule has 0 aliphatic carbocycles. The van der Waals surface area contributed by atoms with Crippen molar-refractivity contribution < 1.29 is 9.18 Å². The molecule has 0 bridgehead atoms. The Morgan fingerprint density at radius 3 is 2.43 bits per heavy atom. The van der Waals surface area contributed by atoms with E-state index in [2.05, 4.69) is 59.3 Å². The molecule has 3 aromatic carbocycles. The number of hydrogen-bond acceptors (Lipinski definition) is 1.